The van der Waals surface area contributed by atoms with Crippen molar-refractivity contribution >= 4 is 33.5 Å². The lowest BCUT2D eigenvalue weighted by Crippen LogP contribution is -2.36. The van der Waals surface area contributed by atoms with Gasteiger partial charge in [-0.25, -0.2) is 4.98 Å². The van der Waals surface area contributed by atoms with Gasteiger partial charge in [0.2, 0.25) is 0 Å². The average Bonchev–Trinajstić information content (AvgIpc) is 3.59. The van der Waals surface area contributed by atoms with E-state index in [1.807, 2.05) is 30.3 Å². The molecule has 1 aliphatic rings. The molecule has 0 aliphatic carbocycles. The summed E-state index contributed by atoms with van der Waals surface area (Å²) in [5.74, 6) is 2.07. The molecule has 6 rings (SSSR count). The second-order valence-electron chi connectivity index (χ2n) is 10.0. The van der Waals surface area contributed by atoms with Gasteiger partial charge in [-0.2, -0.15) is 0 Å². The summed E-state index contributed by atoms with van der Waals surface area (Å²) in [4.78, 5) is 14.2. The third-order valence-corrected chi connectivity index (χ3v) is 7.95. The summed E-state index contributed by atoms with van der Waals surface area (Å²) in [7, 11) is 3.33. The fourth-order valence-electron chi connectivity index (χ4n) is 5.40. The van der Waals surface area contributed by atoms with Crippen molar-refractivity contribution < 1.29 is 14.6 Å². The maximum atomic E-state index is 9.22. The van der Waals surface area contributed by atoms with Crippen molar-refractivity contribution in [3.05, 3.63) is 72.3 Å². The Morgan fingerprint density at radius 3 is 2.35 bits per heavy atom. The number of aromatic amines is 1. The lowest BCUT2D eigenvalue weighted by atomic mass is 9.94. The lowest BCUT2D eigenvalue weighted by molar-refractivity contribution is 0.155. The number of piperidine rings is 1. The molecule has 4 aromatic heterocycles. The summed E-state index contributed by atoms with van der Waals surface area (Å²) in [6.45, 7) is 4.31. The second kappa shape index (κ2) is 13.2. The van der Waals surface area contributed by atoms with Crippen molar-refractivity contribution in [2.24, 2.45) is 5.92 Å². The number of methoxy groups -OCH3 is 2. The molecule has 8 nitrogen and oxygen atoms in total. The van der Waals surface area contributed by atoms with E-state index in [1.54, 1.807) is 32.8 Å². The largest absolute Gasteiger partial charge is 0.493 e. The van der Waals surface area contributed by atoms with E-state index in [1.165, 1.54) is 0 Å². The van der Waals surface area contributed by atoms with Gasteiger partial charge in [0, 0.05) is 72.6 Å². The molecule has 0 unspecified atom stereocenters. The van der Waals surface area contributed by atoms with Gasteiger partial charge in [-0.05, 0) is 68.6 Å². The number of ether oxygens (including phenoxy) is 2. The Hall–Kier alpha value is -3.59. The second-order valence-corrected chi connectivity index (χ2v) is 10.4. The van der Waals surface area contributed by atoms with Gasteiger partial charge in [-0.3, -0.25) is 4.98 Å². The summed E-state index contributed by atoms with van der Waals surface area (Å²) < 4.78 is 13.5. The first kappa shape index (κ1) is 28.0. The van der Waals surface area contributed by atoms with Crippen molar-refractivity contribution in [3.8, 4) is 22.8 Å². The molecule has 9 heteroatoms. The molecule has 5 aromatic rings. The Morgan fingerprint density at radius 1 is 0.975 bits per heavy atom. The monoisotopic (exact) mass is 561 g/mol. The molecule has 210 valence electrons. The van der Waals surface area contributed by atoms with Crippen LogP contribution in [0.25, 0.3) is 33.2 Å². The van der Waals surface area contributed by atoms with Gasteiger partial charge in [-0.1, -0.05) is 17.7 Å². The Balaban J connectivity index is 0.000000477. The number of hydrogen-bond donors (Lipinski definition) is 2. The van der Waals surface area contributed by atoms with Crippen LogP contribution < -0.4 is 9.47 Å². The van der Waals surface area contributed by atoms with Crippen LogP contribution in [-0.4, -0.2) is 70.0 Å². The van der Waals surface area contributed by atoms with Gasteiger partial charge in [0.15, 0.2) is 11.5 Å². The van der Waals surface area contributed by atoms with Crippen LogP contribution in [0.5, 0.6) is 11.5 Å². The molecule has 2 N–H and O–H groups in total. The highest BCUT2D eigenvalue weighted by atomic mass is 35.5. The average molecular weight is 562 g/mol. The number of aliphatic hydroxyl groups excluding tert-OH is 1. The zero-order valence-corrected chi connectivity index (χ0v) is 23.8. The van der Waals surface area contributed by atoms with Crippen molar-refractivity contribution in [2.75, 3.05) is 40.5 Å². The highest BCUT2D eigenvalue weighted by Crippen LogP contribution is 2.39. The van der Waals surface area contributed by atoms with Gasteiger partial charge >= 0.3 is 0 Å². The van der Waals surface area contributed by atoms with Gasteiger partial charge in [0.1, 0.15) is 5.65 Å². The summed E-state index contributed by atoms with van der Waals surface area (Å²) >= 11 is 6.41. The minimum Gasteiger partial charge on any atom is -0.493 e. The molecule has 5 heterocycles. The standard InChI is InChI=1S/C26H31ClN4O3.C5H5N/c1-33-24-14-18-20(22-13-19-21(27)3-7-28-26(19)29-22)16-31(23(18)15-25(24)34-2)11-10-30-8-4-17(5-9-30)6-12-32;1-2-4-6-5-3-1/h3,7,13-17,32H,4-6,8-12H2,1-2H3,(H,28,29);1-5H. The molecule has 0 atom stereocenters. The van der Waals surface area contributed by atoms with Gasteiger partial charge in [-0.15, -0.1) is 0 Å². The third kappa shape index (κ3) is 6.25. The van der Waals surface area contributed by atoms with Crippen LogP contribution in [0.15, 0.2) is 67.3 Å². The molecule has 1 fully saturated rings. The molecule has 1 aromatic carbocycles. The molecule has 0 bridgehead atoms. The van der Waals surface area contributed by atoms with E-state index >= 15 is 0 Å². The van der Waals surface area contributed by atoms with Crippen LogP contribution in [0.3, 0.4) is 0 Å². The number of nitrogens with zero attached hydrogens (tertiary/aromatic N) is 4. The number of benzene rings is 1. The molecular weight excluding hydrogens is 526 g/mol. The number of nitrogens with one attached hydrogen (secondary N) is 1. The first-order chi connectivity index (χ1) is 19.6. The third-order valence-electron chi connectivity index (χ3n) is 7.62. The number of halogens is 1. The quantitative estimate of drug-likeness (QED) is 0.240. The van der Waals surface area contributed by atoms with Crippen LogP contribution in [0.1, 0.15) is 19.3 Å². The van der Waals surface area contributed by atoms with Crippen molar-refractivity contribution in [1.82, 2.24) is 24.4 Å². The van der Waals surface area contributed by atoms with Gasteiger partial charge < -0.3 is 29.0 Å². The molecule has 1 saturated heterocycles. The smallest absolute Gasteiger partial charge is 0.162 e. The number of aromatic nitrogens is 4. The predicted molar refractivity (Wildman–Crippen MR) is 160 cm³/mol. The Bertz CT molecular complexity index is 1500. The van der Waals surface area contributed by atoms with E-state index in [0.29, 0.717) is 29.0 Å². The minimum absolute atomic E-state index is 0.294. The minimum atomic E-state index is 0.294. The van der Waals surface area contributed by atoms with Gasteiger partial charge in [0.25, 0.3) is 0 Å². The fourth-order valence-corrected chi connectivity index (χ4v) is 5.60. The van der Waals surface area contributed by atoms with E-state index in [4.69, 9.17) is 21.1 Å². The number of hydrogen-bond acceptors (Lipinski definition) is 6. The molecule has 0 amide bonds. The molecule has 1 aliphatic heterocycles. The molecule has 40 heavy (non-hydrogen) atoms. The highest BCUT2D eigenvalue weighted by molar-refractivity contribution is 6.35. The number of fused-ring (bicyclic) bond motifs is 2. The first-order valence-corrected chi connectivity index (χ1v) is 14.1. The number of rotatable bonds is 8. The Labute approximate surface area is 239 Å². The number of H-pyrrole nitrogens is 1. The number of aliphatic hydroxyl groups is 1. The summed E-state index contributed by atoms with van der Waals surface area (Å²) in [6, 6.07) is 13.7. The zero-order valence-electron chi connectivity index (χ0n) is 23.0. The topological polar surface area (TPSA) is 88.4 Å². The van der Waals surface area contributed by atoms with Crippen molar-refractivity contribution in [3.63, 3.8) is 0 Å². The van der Waals surface area contributed by atoms with Gasteiger partial charge in [0.05, 0.1) is 24.8 Å². The van der Waals surface area contributed by atoms with E-state index in [-0.39, 0.29) is 0 Å². The van der Waals surface area contributed by atoms with Crippen LogP contribution >= 0.6 is 11.6 Å². The van der Waals surface area contributed by atoms with Crippen molar-refractivity contribution in [2.45, 2.75) is 25.8 Å². The van der Waals surface area contributed by atoms with E-state index in [2.05, 4.69) is 42.7 Å². The highest BCUT2D eigenvalue weighted by Gasteiger charge is 2.20. The Morgan fingerprint density at radius 2 is 1.73 bits per heavy atom. The van der Waals surface area contributed by atoms with Crippen LogP contribution in [-0.2, 0) is 6.54 Å². The normalized spacial score (nSPS) is 14.3. The maximum Gasteiger partial charge on any atom is 0.162 e. The van der Waals surface area contributed by atoms with E-state index in [0.717, 1.165) is 78.6 Å². The van der Waals surface area contributed by atoms with Crippen LogP contribution in [0.4, 0.5) is 0 Å². The molecule has 0 spiro atoms. The van der Waals surface area contributed by atoms with Crippen LogP contribution in [0.2, 0.25) is 5.02 Å². The van der Waals surface area contributed by atoms with E-state index in [9.17, 15) is 5.11 Å². The number of pyridine rings is 2. The summed E-state index contributed by atoms with van der Waals surface area (Å²) in [5, 5.41) is 11.9. The summed E-state index contributed by atoms with van der Waals surface area (Å²) in [5.41, 5.74) is 3.92. The maximum absolute atomic E-state index is 9.22. The van der Waals surface area contributed by atoms with Crippen LogP contribution in [0, 0.1) is 5.92 Å². The van der Waals surface area contributed by atoms with E-state index < -0.39 is 0 Å². The molecular formula is C31H36ClN5O3. The summed E-state index contributed by atoms with van der Waals surface area (Å²) in [6.07, 6.45) is 10.6. The zero-order chi connectivity index (χ0) is 27.9. The fraction of sp³-hybridized carbons (Fsp3) is 0.355. The lowest BCUT2D eigenvalue weighted by Gasteiger charge is -2.31. The first-order valence-electron chi connectivity index (χ1n) is 13.7. The SMILES string of the molecule is COc1cc2c(-c3cc4c(Cl)ccnc4[nH]3)cn(CCN3CCC(CCO)CC3)c2cc1OC.c1ccncc1. The molecule has 0 radical (unpaired) electrons. The van der Waals surface area contributed by atoms with Crippen molar-refractivity contribution in [1.29, 1.82) is 0 Å². The number of likely N-dealkylation sites (tertiary alicyclic amines) is 1. The Kier molecular flexibility index (Phi) is 9.21. The predicted octanol–water partition coefficient (Wildman–Crippen LogP) is 6.03. The molecule has 0 saturated carbocycles.